The van der Waals surface area contributed by atoms with Crippen molar-refractivity contribution in [3.05, 3.63) is 151 Å². The summed E-state index contributed by atoms with van der Waals surface area (Å²) >= 11 is 0. The molecule has 3 heterocycles. The topological polar surface area (TPSA) is 48.5 Å². The van der Waals surface area contributed by atoms with E-state index in [1.807, 2.05) is 6.92 Å². The van der Waals surface area contributed by atoms with Gasteiger partial charge in [0.2, 0.25) is 0 Å². The molecule has 0 aliphatic carbocycles. The van der Waals surface area contributed by atoms with Crippen molar-refractivity contribution in [1.29, 1.82) is 0 Å². The first-order valence-electron chi connectivity index (χ1n) is 15.1. The molecule has 0 amide bonds. The lowest BCUT2D eigenvalue weighted by Crippen LogP contribution is -2.00. The minimum absolute atomic E-state index is 0.669. The molecule has 9 aromatic rings. The van der Waals surface area contributed by atoms with Gasteiger partial charge < -0.3 is 9.13 Å². The Kier molecular flexibility index (Phi) is 5.65. The molecular formula is C40H27N5. The van der Waals surface area contributed by atoms with E-state index < -0.39 is 0 Å². The third-order valence-electron chi connectivity index (χ3n) is 8.64. The monoisotopic (exact) mass is 577 g/mol. The summed E-state index contributed by atoms with van der Waals surface area (Å²) in [5, 5.41) is 4.73. The van der Waals surface area contributed by atoms with E-state index >= 15 is 0 Å². The summed E-state index contributed by atoms with van der Waals surface area (Å²) in [4.78, 5) is 14.7. The van der Waals surface area contributed by atoms with E-state index in [9.17, 15) is 0 Å². The summed E-state index contributed by atoms with van der Waals surface area (Å²) in [6.07, 6.45) is 0. The molecule has 0 atom stereocenters. The summed E-state index contributed by atoms with van der Waals surface area (Å²) in [5.41, 5.74) is 8.85. The van der Waals surface area contributed by atoms with Crippen LogP contribution in [0.4, 0.5) is 0 Å². The molecule has 0 unspecified atom stereocenters. The van der Waals surface area contributed by atoms with Crippen LogP contribution in [0.25, 0.3) is 77.8 Å². The third kappa shape index (κ3) is 4.05. The summed E-state index contributed by atoms with van der Waals surface area (Å²) in [6.45, 7) is 1.94. The van der Waals surface area contributed by atoms with Crippen LogP contribution < -0.4 is 0 Å². The highest BCUT2D eigenvalue weighted by molar-refractivity contribution is 6.11. The van der Waals surface area contributed by atoms with E-state index in [4.69, 9.17) is 15.0 Å². The van der Waals surface area contributed by atoms with E-state index in [1.54, 1.807) is 0 Å². The number of hydrogen-bond acceptors (Lipinski definition) is 3. The zero-order valence-corrected chi connectivity index (χ0v) is 24.6. The number of benzene rings is 6. The predicted molar refractivity (Wildman–Crippen MR) is 184 cm³/mol. The van der Waals surface area contributed by atoms with Crippen molar-refractivity contribution in [2.45, 2.75) is 6.92 Å². The second kappa shape index (κ2) is 10.00. The summed E-state index contributed by atoms with van der Waals surface area (Å²) in [5.74, 6) is 2.03. The van der Waals surface area contributed by atoms with Crippen molar-refractivity contribution in [2.24, 2.45) is 0 Å². The Morgan fingerprint density at radius 2 is 0.778 bits per heavy atom. The van der Waals surface area contributed by atoms with Gasteiger partial charge in [0.25, 0.3) is 0 Å². The maximum atomic E-state index is 5.04. The van der Waals surface area contributed by atoms with Gasteiger partial charge in [-0.2, -0.15) is 0 Å². The fraction of sp³-hybridized carbons (Fsp3) is 0.0250. The largest absolute Gasteiger partial charge is 0.309 e. The Balaban J connectivity index is 1.20. The number of aryl methyl sites for hydroxylation is 1. The lowest BCUT2D eigenvalue weighted by atomic mass is 10.1. The van der Waals surface area contributed by atoms with Crippen LogP contribution in [0.5, 0.6) is 0 Å². The second-order valence-electron chi connectivity index (χ2n) is 11.4. The summed E-state index contributed by atoms with van der Waals surface area (Å²) in [7, 11) is 0. The number of para-hydroxylation sites is 4. The highest BCUT2D eigenvalue weighted by Gasteiger charge is 2.17. The molecule has 0 bridgehead atoms. The zero-order chi connectivity index (χ0) is 29.9. The molecular weight excluding hydrogens is 550 g/mol. The van der Waals surface area contributed by atoms with Gasteiger partial charge >= 0.3 is 0 Å². The van der Waals surface area contributed by atoms with Gasteiger partial charge in [0.05, 0.1) is 22.1 Å². The first-order chi connectivity index (χ1) is 22.2. The van der Waals surface area contributed by atoms with E-state index in [0.29, 0.717) is 17.5 Å². The third-order valence-corrected chi connectivity index (χ3v) is 8.64. The van der Waals surface area contributed by atoms with Crippen molar-refractivity contribution >= 4 is 43.6 Å². The van der Waals surface area contributed by atoms with Crippen molar-refractivity contribution < 1.29 is 0 Å². The molecule has 0 aliphatic rings. The lowest BCUT2D eigenvalue weighted by molar-refractivity contribution is 0.992. The number of hydrogen-bond donors (Lipinski definition) is 0. The molecule has 45 heavy (non-hydrogen) atoms. The van der Waals surface area contributed by atoms with Crippen molar-refractivity contribution in [2.75, 3.05) is 0 Å². The molecule has 212 valence electrons. The molecule has 5 nitrogen and oxygen atoms in total. The minimum Gasteiger partial charge on any atom is -0.309 e. The molecule has 3 aromatic heterocycles. The first-order valence-corrected chi connectivity index (χ1v) is 15.1. The van der Waals surface area contributed by atoms with E-state index in [1.165, 1.54) is 32.6 Å². The smallest absolute Gasteiger partial charge is 0.163 e. The van der Waals surface area contributed by atoms with Gasteiger partial charge in [-0.15, -0.1) is 0 Å². The number of aromatic nitrogens is 5. The standard InChI is InChI=1S/C40H27N5/c1-26-41-39(27-20-22-37-33(24-27)31-16-8-10-18-35(31)44(37)29-12-4-2-5-13-29)43-40(42-26)28-21-23-38-34(25-28)32-17-9-11-19-36(32)45(38)30-14-6-3-7-15-30/h2-25H,1H3. The molecule has 6 aromatic carbocycles. The minimum atomic E-state index is 0.669. The van der Waals surface area contributed by atoms with Gasteiger partial charge in [-0.1, -0.05) is 72.8 Å². The Labute approximate surface area is 259 Å². The zero-order valence-electron chi connectivity index (χ0n) is 24.6. The molecule has 0 saturated carbocycles. The number of nitrogens with zero attached hydrogens (tertiary/aromatic N) is 5. The molecule has 0 fully saturated rings. The quantitative estimate of drug-likeness (QED) is 0.209. The Hall–Kier alpha value is -6.07. The van der Waals surface area contributed by atoms with E-state index in [0.717, 1.165) is 33.5 Å². The van der Waals surface area contributed by atoms with Crippen LogP contribution in [-0.2, 0) is 0 Å². The highest BCUT2D eigenvalue weighted by atomic mass is 15.0. The normalized spacial score (nSPS) is 11.7. The van der Waals surface area contributed by atoms with Crippen LogP contribution in [0.3, 0.4) is 0 Å². The fourth-order valence-corrected chi connectivity index (χ4v) is 6.67. The number of rotatable bonds is 4. The van der Waals surface area contributed by atoms with Gasteiger partial charge in [-0.3, -0.25) is 0 Å². The highest BCUT2D eigenvalue weighted by Crippen LogP contribution is 2.36. The molecule has 0 saturated heterocycles. The molecule has 0 aliphatic heterocycles. The Morgan fingerprint density at radius 1 is 0.378 bits per heavy atom. The van der Waals surface area contributed by atoms with Gasteiger partial charge in [-0.25, -0.2) is 15.0 Å². The lowest BCUT2D eigenvalue weighted by Gasteiger charge is -2.09. The molecule has 5 heteroatoms. The Bertz CT molecular complexity index is 2370. The second-order valence-corrected chi connectivity index (χ2v) is 11.4. The maximum Gasteiger partial charge on any atom is 0.163 e. The molecule has 9 rings (SSSR count). The first kappa shape index (κ1) is 25.4. The van der Waals surface area contributed by atoms with E-state index in [2.05, 4.69) is 155 Å². The summed E-state index contributed by atoms with van der Waals surface area (Å²) < 4.78 is 4.64. The van der Waals surface area contributed by atoms with Crippen LogP contribution in [0.1, 0.15) is 5.82 Å². The average molecular weight is 578 g/mol. The van der Waals surface area contributed by atoms with E-state index in [-0.39, 0.29) is 0 Å². The predicted octanol–water partition coefficient (Wildman–Crippen LogP) is 9.71. The van der Waals surface area contributed by atoms with Crippen LogP contribution in [-0.4, -0.2) is 24.1 Å². The average Bonchev–Trinajstić information content (AvgIpc) is 3.61. The van der Waals surface area contributed by atoms with Gasteiger partial charge in [0.15, 0.2) is 11.6 Å². The number of fused-ring (bicyclic) bond motifs is 6. The van der Waals surface area contributed by atoms with Crippen LogP contribution >= 0.6 is 0 Å². The molecule has 0 radical (unpaired) electrons. The SMILES string of the molecule is Cc1nc(-c2ccc3c(c2)c2ccccc2n3-c2ccccc2)nc(-c2ccc3c(c2)c2ccccc2n3-c2ccccc2)n1. The fourth-order valence-electron chi connectivity index (χ4n) is 6.67. The molecule has 0 spiro atoms. The van der Waals surface area contributed by atoms with Gasteiger partial charge in [0, 0.05) is 44.0 Å². The van der Waals surface area contributed by atoms with Crippen LogP contribution in [0, 0.1) is 6.92 Å². The van der Waals surface area contributed by atoms with Gasteiger partial charge in [-0.05, 0) is 79.7 Å². The van der Waals surface area contributed by atoms with Crippen molar-refractivity contribution in [3.8, 4) is 34.2 Å². The van der Waals surface area contributed by atoms with Gasteiger partial charge in [0.1, 0.15) is 5.82 Å². The van der Waals surface area contributed by atoms with Crippen molar-refractivity contribution in [3.63, 3.8) is 0 Å². The van der Waals surface area contributed by atoms with Crippen molar-refractivity contribution in [1.82, 2.24) is 24.1 Å². The summed E-state index contributed by atoms with van der Waals surface area (Å²) in [6, 6.07) is 51.2. The Morgan fingerprint density at radius 3 is 1.24 bits per heavy atom. The van der Waals surface area contributed by atoms with Crippen LogP contribution in [0.2, 0.25) is 0 Å². The van der Waals surface area contributed by atoms with Crippen LogP contribution in [0.15, 0.2) is 146 Å². The maximum absolute atomic E-state index is 5.04. The molecule has 0 N–H and O–H groups in total.